The molecule has 3 atom stereocenters. The number of thiocarbonyl (C=S) groups is 1. The minimum Gasteiger partial charge on any atom is -0.494 e. The van der Waals surface area contributed by atoms with E-state index in [1.807, 2.05) is 52.0 Å². The van der Waals surface area contributed by atoms with Gasteiger partial charge in [0, 0.05) is 45.0 Å². The van der Waals surface area contributed by atoms with Gasteiger partial charge in [-0.3, -0.25) is 24.1 Å². The summed E-state index contributed by atoms with van der Waals surface area (Å²) in [5.74, 6) is -1.25. The highest BCUT2D eigenvalue weighted by atomic mass is 32.1. The van der Waals surface area contributed by atoms with Crippen molar-refractivity contribution in [3.63, 3.8) is 0 Å². The Balaban J connectivity index is 0.851. The third kappa shape index (κ3) is 13.5. The van der Waals surface area contributed by atoms with Crippen molar-refractivity contribution in [3.05, 3.63) is 94.6 Å². The van der Waals surface area contributed by atoms with Crippen LogP contribution in [-0.2, 0) is 41.4 Å². The highest BCUT2D eigenvalue weighted by Crippen LogP contribution is 2.40. The Kier molecular flexibility index (Phi) is 18.0. The summed E-state index contributed by atoms with van der Waals surface area (Å²) in [6.45, 7) is 12.3. The lowest BCUT2D eigenvalue weighted by molar-refractivity contribution is -0.144. The van der Waals surface area contributed by atoms with E-state index < -0.39 is 64.2 Å². The summed E-state index contributed by atoms with van der Waals surface area (Å²) in [4.78, 5) is 63.3. The number of carbonyl (C=O) groups excluding carboxylic acids is 4. The molecule has 0 bridgehead atoms. The number of β-amino-alcohol motifs (C(OH)–C–C–N with tert-alkyl or cyclic N) is 1. The van der Waals surface area contributed by atoms with Crippen molar-refractivity contribution in [2.24, 2.45) is 5.41 Å². The summed E-state index contributed by atoms with van der Waals surface area (Å²) in [5.41, 5.74) is 1.50. The fourth-order valence-electron chi connectivity index (χ4n) is 8.34. The van der Waals surface area contributed by atoms with Gasteiger partial charge in [0.2, 0.25) is 17.7 Å². The molecule has 2 saturated heterocycles. The van der Waals surface area contributed by atoms with E-state index in [0.717, 1.165) is 58.0 Å². The fourth-order valence-corrected chi connectivity index (χ4v) is 9.67. The van der Waals surface area contributed by atoms with E-state index >= 15 is 0 Å². The number of aryl methyl sites for hydroxylation is 1. The topological polar surface area (TPSA) is 187 Å². The van der Waals surface area contributed by atoms with Crippen molar-refractivity contribution in [3.8, 4) is 22.3 Å². The Morgan fingerprint density at radius 1 is 0.958 bits per heavy atom. The van der Waals surface area contributed by atoms with Crippen LogP contribution in [0.1, 0.15) is 89.1 Å². The fraction of sp³-hybridized carbons (Fsp3) is 0.471. The molecule has 3 heterocycles. The third-order valence-electron chi connectivity index (χ3n) is 12.2. The summed E-state index contributed by atoms with van der Waals surface area (Å²) >= 11 is 7.18. The molecule has 6 rings (SSSR count). The molecule has 20 heteroatoms. The van der Waals surface area contributed by atoms with Crippen LogP contribution in [0.15, 0.2) is 72.2 Å². The number of halogens is 3. The van der Waals surface area contributed by atoms with E-state index in [-0.39, 0.29) is 49.4 Å². The van der Waals surface area contributed by atoms with Crippen LogP contribution in [0.4, 0.5) is 24.5 Å². The highest BCUT2D eigenvalue weighted by Gasteiger charge is 2.51. The van der Waals surface area contributed by atoms with Crippen LogP contribution in [0.25, 0.3) is 10.4 Å². The Hall–Kier alpha value is -5.98. The molecule has 0 spiro atoms. The number of unbranched alkanes of at least 4 members (excludes halogenated alkanes) is 2. The quantitative estimate of drug-likeness (QED) is 0.0546. The number of aromatic nitrogens is 1. The molecule has 4 aromatic rings. The maximum Gasteiger partial charge on any atom is 0.417 e. The van der Waals surface area contributed by atoms with Crippen molar-refractivity contribution < 1.29 is 51.7 Å². The van der Waals surface area contributed by atoms with Gasteiger partial charge in [0.15, 0.2) is 5.11 Å². The van der Waals surface area contributed by atoms with Gasteiger partial charge in [-0.25, -0.2) is 4.98 Å². The molecule has 2 aliphatic rings. The lowest BCUT2D eigenvalue weighted by Gasteiger charge is -2.35. The van der Waals surface area contributed by atoms with E-state index in [2.05, 4.69) is 15.6 Å². The molecule has 0 radical (unpaired) electrons. The number of amides is 4. The second-order valence-electron chi connectivity index (χ2n) is 19.0. The van der Waals surface area contributed by atoms with E-state index in [9.17, 15) is 42.7 Å². The molecular weight excluding hydrogens is 960 g/mol. The molecule has 0 saturated carbocycles. The number of nitriles is 1. The van der Waals surface area contributed by atoms with E-state index in [4.69, 9.17) is 26.4 Å². The van der Waals surface area contributed by atoms with Crippen LogP contribution in [-0.4, -0.2) is 107 Å². The van der Waals surface area contributed by atoms with Crippen molar-refractivity contribution in [1.82, 2.24) is 20.5 Å². The van der Waals surface area contributed by atoms with Crippen molar-refractivity contribution in [2.45, 2.75) is 110 Å². The first-order valence-corrected chi connectivity index (χ1v) is 24.6. The van der Waals surface area contributed by atoms with Crippen LogP contribution in [0.2, 0.25) is 0 Å². The van der Waals surface area contributed by atoms with Crippen molar-refractivity contribution in [2.75, 3.05) is 49.4 Å². The van der Waals surface area contributed by atoms with Crippen LogP contribution in [0.5, 0.6) is 5.75 Å². The van der Waals surface area contributed by atoms with Crippen molar-refractivity contribution >= 4 is 63.7 Å². The number of benzene rings is 3. The molecule has 4 amide bonds. The maximum atomic E-state index is 13.9. The first-order valence-electron chi connectivity index (χ1n) is 23.3. The van der Waals surface area contributed by atoms with Crippen LogP contribution in [0, 0.1) is 23.7 Å². The lowest BCUT2D eigenvalue weighted by atomic mass is 9.85. The smallest absolute Gasteiger partial charge is 0.417 e. The van der Waals surface area contributed by atoms with Crippen molar-refractivity contribution in [1.29, 1.82) is 5.26 Å². The first kappa shape index (κ1) is 54.4. The van der Waals surface area contributed by atoms with Gasteiger partial charge >= 0.3 is 6.18 Å². The predicted molar refractivity (Wildman–Crippen MR) is 266 cm³/mol. The summed E-state index contributed by atoms with van der Waals surface area (Å²) in [6, 6.07) is 17.5. The number of ether oxygens (including phenoxy) is 3. The number of nitrogens with zero attached hydrogens (tertiary/aromatic N) is 5. The third-order valence-corrected chi connectivity index (χ3v) is 13.5. The number of hydrogen-bond donors (Lipinski definition) is 3. The van der Waals surface area contributed by atoms with Gasteiger partial charge in [0.05, 0.1) is 51.7 Å². The number of nitrogens with one attached hydrogen (secondary N) is 2. The van der Waals surface area contributed by atoms with E-state index in [0.29, 0.717) is 37.7 Å². The first-order chi connectivity index (χ1) is 33.6. The predicted octanol–water partition coefficient (Wildman–Crippen LogP) is 7.71. The Morgan fingerprint density at radius 2 is 1.62 bits per heavy atom. The highest BCUT2D eigenvalue weighted by molar-refractivity contribution is 7.81. The van der Waals surface area contributed by atoms with Gasteiger partial charge in [-0.2, -0.15) is 18.4 Å². The minimum absolute atomic E-state index is 0.000625. The minimum atomic E-state index is -4.80. The Bertz CT molecular complexity index is 2580. The lowest BCUT2D eigenvalue weighted by Crippen LogP contribution is -2.58. The Labute approximate surface area is 421 Å². The number of aliphatic hydroxyl groups excluding tert-OH is 1. The molecule has 2 fully saturated rings. The Morgan fingerprint density at radius 3 is 2.27 bits per heavy atom. The zero-order chi connectivity index (χ0) is 51.7. The second kappa shape index (κ2) is 23.5. The van der Waals surface area contributed by atoms with Gasteiger partial charge in [-0.1, -0.05) is 45.0 Å². The van der Waals surface area contributed by atoms with Gasteiger partial charge in [-0.05, 0) is 118 Å². The second-order valence-corrected chi connectivity index (χ2v) is 20.2. The largest absolute Gasteiger partial charge is 0.494 e. The van der Waals surface area contributed by atoms with E-state index in [1.165, 1.54) is 11.0 Å². The normalized spacial score (nSPS) is 17.3. The summed E-state index contributed by atoms with van der Waals surface area (Å²) in [5, 5.41) is 25.5. The van der Waals surface area contributed by atoms with Gasteiger partial charge in [0.25, 0.3) is 5.91 Å². The maximum absolute atomic E-state index is 13.9. The number of thiazole rings is 1. The summed E-state index contributed by atoms with van der Waals surface area (Å²) in [6.07, 6.45) is -2.66. The average molecular weight is 1020 g/mol. The van der Waals surface area contributed by atoms with Crippen LogP contribution >= 0.6 is 23.6 Å². The molecule has 380 valence electrons. The summed E-state index contributed by atoms with van der Waals surface area (Å²) < 4.78 is 58.4. The van der Waals surface area contributed by atoms with Gasteiger partial charge in [0.1, 0.15) is 30.0 Å². The molecule has 3 N–H and O–H groups in total. The summed E-state index contributed by atoms with van der Waals surface area (Å²) in [7, 11) is 0. The van der Waals surface area contributed by atoms with Gasteiger partial charge < -0.3 is 39.8 Å². The average Bonchev–Trinajstić information content (AvgIpc) is 3.99. The number of alkyl halides is 3. The number of anilines is 2. The number of likely N-dealkylation sites (tertiary alicyclic amines) is 1. The van der Waals surface area contributed by atoms with Crippen LogP contribution in [0.3, 0.4) is 0 Å². The molecule has 1 unspecified atom stereocenters. The van der Waals surface area contributed by atoms with E-state index in [1.54, 1.807) is 65.9 Å². The molecule has 15 nitrogen and oxygen atoms in total. The number of aliphatic hydroxyl groups is 1. The standard InChI is InChI=1S/C51H60F3N7O8S2/c1-32-43(71-31-57-32)34-13-11-33(12-14-34)28-56-45(64)41-26-38(62)29-59(41)46(65)44(49(2,3)4)58-42(63)30-68-23-10-22-67-21-8-7-9-24-69-39-19-17-36(18-20-39)61-48(70)60(47(66)50(61,5)6)37-16-15-35(27-55)40(25-37)51(52,53)54/h11-20,25,31,38,41,44,62H,7-10,21-24,26,28-30H2,1-6H3,(H,56,64)(H,58,63)/t38-,41+,44?/m1/s1. The van der Waals surface area contributed by atoms with Gasteiger partial charge in [-0.15, -0.1) is 11.3 Å². The zero-order valence-corrected chi connectivity index (χ0v) is 42.3. The molecule has 2 aliphatic heterocycles. The molecule has 71 heavy (non-hydrogen) atoms. The zero-order valence-electron chi connectivity index (χ0n) is 40.6. The van der Waals surface area contributed by atoms with Crippen LogP contribution < -0.4 is 25.2 Å². The molecular formula is C51H60F3N7O8S2. The molecule has 0 aliphatic carbocycles. The monoisotopic (exact) mass is 1020 g/mol. The number of hydrogen-bond acceptors (Lipinski definition) is 12. The molecule has 3 aromatic carbocycles. The number of rotatable bonds is 21. The molecule has 1 aromatic heterocycles. The SMILES string of the molecule is Cc1ncsc1-c1ccc(CNC(=O)[C@@H]2C[C@@H](O)CN2C(=O)C(NC(=O)COCCCOCCCCCOc2ccc(N3C(=S)N(c4ccc(C#N)c(C(F)(F)F)c4)C(=O)C3(C)C)cc2)C(C)(C)C)cc1. The number of carbonyl (C=O) groups is 4.